The second kappa shape index (κ2) is 5.44. The number of hydrogen-bond donors (Lipinski definition) is 2. The Morgan fingerprint density at radius 1 is 1.10 bits per heavy atom. The molecule has 1 aromatic heterocycles. The van der Waals surface area contributed by atoms with Crippen molar-refractivity contribution in [3.8, 4) is 17.0 Å². The zero-order valence-electron chi connectivity index (χ0n) is 9.97. The molecule has 0 radical (unpaired) electrons. The molecule has 0 aliphatic heterocycles. The fourth-order valence-electron chi connectivity index (χ4n) is 1.61. The van der Waals surface area contributed by atoms with E-state index in [1.165, 1.54) is 6.07 Å². The van der Waals surface area contributed by atoms with Crippen molar-refractivity contribution in [3.05, 3.63) is 39.0 Å². The topological polar surface area (TPSA) is 59.1 Å². The molecule has 9 heteroatoms. The maximum Gasteiger partial charge on any atom is 0.417 e. The Morgan fingerprint density at radius 3 is 2.24 bits per heavy atom. The fourth-order valence-corrected chi connectivity index (χ4v) is 2.33. The second-order valence-corrected chi connectivity index (χ2v) is 5.23. The molecule has 2 aromatic rings. The standard InChI is InChI=1S/C12H6Cl3F3N2O/c13-6-1-4(12(16,17)18)3-20-10(6)5-2-7(14)11(21)8(15)9(5)19/h1-3,21H,19H2. The van der Waals surface area contributed by atoms with E-state index in [1.54, 1.807) is 0 Å². The summed E-state index contributed by atoms with van der Waals surface area (Å²) in [6.45, 7) is 0. The van der Waals surface area contributed by atoms with E-state index in [1.807, 2.05) is 0 Å². The van der Waals surface area contributed by atoms with Crippen molar-refractivity contribution in [1.82, 2.24) is 4.98 Å². The summed E-state index contributed by atoms with van der Waals surface area (Å²) in [5, 5.41) is 8.91. The zero-order valence-corrected chi connectivity index (χ0v) is 12.2. The summed E-state index contributed by atoms with van der Waals surface area (Å²) in [4.78, 5) is 3.66. The van der Waals surface area contributed by atoms with Crippen LogP contribution in [-0.2, 0) is 6.18 Å². The lowest BCUT2D eigenvalue weighted by Gasteiger charge is -2.13. The highest BCUT2D eigenvalue weighted by Crippen LogP contribution is 2.44. The molecule has 0 saturated heterocycles. The largest absolute Gasteiger partial charge is 0.505 e. The van der Waals surface area contributed by atoms with Gasteiger partial charge in [0.1, 0.15) is 5.02 Å². The number of anilines is 1. The highest BCUT2D eigenvalue weighted by molar-refractivity contribution is 6.40. The molecule has 1 aromatic carbocycles. The maximum absolute atomic E-state index is 12.6. The highest BCUT2D eigenvalue weighted by Gasteiger charge is 2.32. The second-order valence-electron chi connectivity index (χ2n) is 4.03. The molecule has 0 aliphatic rings. The van der Waals surface area contributed by atoms with Gasteiger partial charge in [-0.1, -0.05) is 34.8 Å². The van der Waals surface area contributed by atoms with Gasteiger partial charge in [-0.25, -0.2) is 0 Å². The number of nitrogens with zero attached hydrogens (tertiary/aromatic N) is 1. The average Bonchev–Trinajstić information content (AvgIpc) is 2.40. The Bertz CT molecular complexity index is 720. The first kappa shape index (κ1) is 16.0. The van der Waals surface area contributed by atoms with Crippen molar-refractivity contribution in [2.75, 3.05) is 5.73 Å². The summed E-state index contributed by atoms with van der Waals surface area (Å²) in [5.74, 6) is -0.428. The van der Waals surface area contributed by atoms with Crippen LogP contribution in [0.4, 0.5) is 18.9 Å². The minimum absolute atomic E-state index is 0.0223. The maximum atomic E-state index is 12.6. The number of nitrogens with two attached hydrogens (primary N) is 1. The first-order chi connectivity index (χ1) is 9.62. The van der Waals surface area contributed by atoms with Gasteiger partial charge in [0.15, 0.2) is 5.75 Å². The number of phenolic OH excluding ortho intramolecular Hbond substituents is 1. The fraction of sp³-hybridized carbons (Fsp3) is 0.0833. The van der Waals surface area contributed by atoms with Crippen molar-refractivity contribution in [2.45, 2.75) is 6.18 Å². The number of aromatic nitrogens is 1. The number of alkyl halides is 3. The molecule has 3 N–H and O–H groups in total. The zero-order chi connectivity index (χ0) is 15.9. The minimum atomic E-state index is -4.56. The van der Waals surface area contributed by atoms with E-state index in [4.69, 9.17) is 40.5 Å². The van der Waals surface area contributed by atoms with Crippen LogP contribution in [0.25, 0.3) is 11.3 Å². The Balaban J connectivity index is 2.64. The van der Waals surface area contributed by atoms with Crippen LogP contribution in [0.1, 0.15) is 5.56 Å². The van der Waals surface area contributed by atoms with Gasteiger partial charge in [-0.3, -0.25) is 4.98 Å². The summed E-state index contributed by atoms with van der Waals surface area (Å²) < 4.78 is 37.7. The van der Waals surface area contributed by atoms with Gasteiger partial charge in [0.2, 0.25) is 0 Å². The Hall–Kier alpha value is -1.37. The molecule has 0 bridgehead atoms. The van der Waals surface area contributed by atoms with Crippen LogP contribution in [0.2, 0.25) is 15.1 Å². The monoisotopic (exact) mass is 356 g/mol. The van der Waals surface area contributed by atoms with E-state index >= 15 is 0 Å². The highest BCUT2D eigenvalue weighted by atomic mass is 35.5. The van der Waals surface area contributed by atoms with Crippen LogP contribution < -0.4 is 5.73 Å². The van der Waals surface area contributed by atoms with Crippen molar-refractivity contribution in [2.24, 2.45) is 0 Å². The molecule has 0 unspecified atom stereocenters. The number of hydrogen-bond acceptors (Lipinski definition) is 3. The third-order valence-electron chi connectivity index (χ3n) is 2.66. The summed E-state index contributed by atoms with van der Waals surface area (Å²) in [6, 6.07) is 1.94. The predicted molar refractivity (Wildman–Crippen MR) is 75.8 cm³/mol. The molecule has 21 heavy (non-hydrogen) atoms. The lowest BCUT2D eigenvalue weighted by atomic mass is 10.1. The van der Waals surface area contributed by atoms with Gasteiger partial charge in [-0.2, -0.15) is 13.2 Å². The van der Waals surface area contributed by atoms with Gasteiger partial charge in [0.05, 0.1) is 27.0 Å². The first-order valence-electron chi connectivity index (χ1n) is 5.32. The SMILES string of the molecule is Nc1c(-c2ncc(C(F)(F)F)cc2Cl)cc(Cl)c(O)c1Cl. The molecule has 0 aliphatic carbocycles. The Kier molecular flexibility index (Phi) is 4.15. The Morgan fingerprint density at radius 2 is 1.71 bits per heavy atom. The van der Waals surface area contributed by atoms with Gasteiger partial charge in [-0.15, -0.1) is 0 Å². The van der Waals surface area contributed by atoms with Crippen LogP contribution in [0, 0.1) is 0 Å². The van der Waals surface area contributed by atoms with Crippen LogP contribution in [0.3, 0.4) is 0 Å². The van der Waals surface area contributed by atoms with Crippen molar-refractivity contribution < 1.29 is 18.3 Å². The molecule has 2 rings (SSSR count). The summed E-state index contributed by atoms with van der Waals surface area (Å²) in [5.41, 5.74) is 4.73. The van der Waals surface area contributed by atoms with Gasteiger partial charge in [-0.05, 0) is 12.1 Å². The molecule has 0 amide bonds. The van der Waals surface area contributed by atoms with Gasteiger partial charge >= 0.3 is 6.18 Å². The Labute approximate surface area is 132 Å². The molecular formula is C12H6Cl3F3N2O. The van der Waals surface area contributed by atoms with Crippen LogP contribution in [-0.4, -0.2) is 10.1 Å². The molecule has 112 valence electrons. The quantitative estimate of drug-likeness (QED) is 0.705. The van der Waals surface area contributed by atoms with Crippen LogP contribution in [0.15, 0.2) is 18.3 Å². The number of rotatable bonds is 1. The van der Waals surface area contributed by atoms with Crippen molar-refractivity contribution in [3.63, 3.8) is 0 Å². The minimum Gasteiger partial charge on any atom is -0.505 e. The van der Waals surface area contributed by atoms with E-state index in [9.17, 15) is 18.3 Å². The van der Waals surface area contributed by atoms with Crippen molar-refractivity contribution in [1.29, 1.82) is 0 Å². The van der Waals surface area contributed by atoms with Gasteiger partial charge in [0.25, 0.3) is 0 Å². The smallest absolute Gasteiger partial charge is 0.417 e. The normalized spacial score (nSPS) is 11.7. The summed E-state index contributed by atoms with van der Waals surface area (Å²) in [7, 11) is 0. The number of nitrogen functional groups attached to an aromatic ring is 1. The summed E-state index contributed by atoms with van der Waals surface area (Å²) in [6.07, 6.45) is -3.94. The van der Waals surface area contributed by atoms with Crippen molar-refractivity contribution >= 4 is 40.5 Å². The molecule has 0 saturated carbocycles. The van der Waals surface area contributed by atoms with Crippen LogP contribution in [0.5, 0.6) is 5.75 Å². The number of aromatic hydroxyl groups is 1. The van der Waals surface area contributed by atoms with Crippen LogP contribution >= 0.6 is 34.8 Å². The van der Waals surface area contributed by atoms with E-state index in [2.05, 4.69) is 4.98 Å². The molecule has 0 atom stereocenters. The molecule has 0 fully saturated rings. The van der Waals surface area contributed by atoms with Gasteiger partial charge < -0.3 is 10.8 Å². The number of phenols is 1. The molecule has 1 heterocycles. The first-order valence-corrected chi connectivity index (χ1v) is 6.46. The molecule has 3 nitrogen and oxygen atoms in total. The van der Waals surface area contributed by atoms with E-state index in [0.29, 0.717) is 6.20 Å². The number of pyridine rings is 1. The average molecular weight is 358 g/mol. The lowest BCUT2D eigenvalue weighted by Crippen LogP contribution is -2.06. The third-order valence-corrected chi connectivity index (χ3v) is 3.61. The van der Waals surface area contributed by atoms with E-state index in [0.717, 1.165) is 6.07 Å². The predicted octanol–water partition coefficient (Wildman–Crippen LogP) is 5.02. The lowest BCUT2D eigenvalue weighted by molar-refractivity contribution is -0.137. The molecule has 0 spiro atoms. The van der Waals surface area contributed by atoms with E-state index < -0.39 is 17.5 Å². The van der Waals surface area contributed by atoms with Gasteiger partial charge in [0, 0.05) is 11.8 Å². The summed E-state index contributed by atoms with van der Waals surface area (Å²) >= 11 is 17.4. The third kappa shape index (κ3) is 2.97. The number of halogens is 6. The number of benzene rings is 1. The van der Waals surface area contributed by atoms with E-state index in [-0.39, 0.29) is 32.0 Å². The molecular weight excluding hydrogens is 351 g/mol.